The summed E-state index contributed by atoms with van der Waals surface area (Å²) in [7, 11) is 0.645. The first-order valence-corrected chi connectivity index (χ1v) is 16.4. The highest BCUT2D eigenvalue weighted by molar-refractivity contribution is 6.99. The summed E-state index contributed by atoms with van der Waals surface area (Å²) in [6, 6.07) is 21.7. The largest absolute Gasteiger partial charge is 0.466 e. The Morgan fingerprint density at radius 1 is 0.875 bits per heavy atom. The zero-order valence-corrected chi connectivity index (χ0v) is 26.7. The average molecular weight is 563 g/mol. The van der Waals surface area contributed by atoms with Gasteiger partial charge in [0.15, 0.2) is 0 Å². The van der Waals surface area contributed by atoms with Crippen LogP contribution in [0.5, 0.6) is 0 Å². The molecule has 0 fully saturated rings. The normalized spacial score (nSPS) is 14.5. The Balaban J connectivity index is 1.89. The van der Waals surface area contributed by atoms with Crippen LogP contribution in [0, 0.1) is 0 Å². The van der Waals surface area contributed by atoms with E-state index in [1.54, 1.807) is 20.1 Å². The highest BCUT2D eigenvalue weighted by Gasteiger charge is 2.50. The molecule has 40 heavy (non-hydrogen) atoms. The Bertz CT molecular complexity index is 1040. The van der Waals surface area contributed by atoms with Gasteiger partial charge in [-0.1, -0.05) is 112 Å². The monoisotopic (exact) mass is 562 g/mol. The van der Waals surface area contributed by atoms with E-state index in [0.717, 1.165) is 38.5 Å². The van der Waals surface area contributed by atoms with Crippen molar-refractivity contribution in [2.24, 2.45) is 0 Å². The molecule has 218 valence electrons. The van der Waals surface area contributed by atoms with Crippen molar-refractivity contribution in [3.63, 3.8) is 0 Å². The van der Waals surface area contributed by atoms with E-state index in [4.69, 9.17) is 13.9 Å². The van der Waals surface area contributed by atoms with Gasteiger partial charge >= 0.3 is 5.97 Å². The van der Waals surface area contributed by atoms with Crippen molar-refractivity contribution in [1.29, 1.82) is 0 Å². The van der Waals surface area contributed by atoms with E-state index < -0.39 is 8.32 Å². The highest BCUT2D eigenvalue weighted by atomic mass is 28.4. The van der Waals surface area contributed by atoms with Crippen molar-refractivity contribution in [1.82, 2.24) is 0 Å². The van der Waals surface area contributed by atoms with E-state index >= 15 is 0 Å². The third-order valence-electron chi connectivity index (χ3n) is 7.32. The molecule has 0 bridgehead atoms. The predicted molar refractivity (Wildman–Crippen MR) is 171 cm³/mol. The van der Waals surface area contributed by atoms with Crippen molar-refractivity contribution < 1.29 is 18.7 Å². The summed E-state index contributed by atoms with van der Waals surface area (Å²) in [5, 5.41) is 2.66. The number of carbonyl (C=O) groups is 1. The summed E-state index contributed by atoms with van der Waals surface area (Å²) in [5.41, 5.74) is 0.585. The molecule has 0 unspecified atom stereocenters. The van der Waals surface area contributed by atoms with Gasteiger partial charge in [-0.3, -0.25) is 0 Å². The summed E-state index contributed by atoms with van der Waals surface area (Å²) in [4.78, 5) is 11.4. The van der Waals surface area contributed by atoms with Crippen molar-refractivity contribution in [2.45, 2.75) is 90.4 Å². The van der Waals surface area contributed by atoms with Gasteiger partial charge in [0.2, 0.25) is 0 Å². The Hall–Kier alpha value is -2.73. The summed E-state index contributed by atoms with van der Waals surface area (Å²) in [5.74, 6) is -0.304. The smallest absolute Gasteiger partial charge is 0.333 e. The summed E-state index contributed by atoms with van der Waals surface area (Å²) >= 11 is 0. The average Bonchev–Trinajstić information content (AvgIpc) is 2.96. The van der Waals surface area contributed by atoms with E-state index in [9.17, 15) is 4.79 Å². The maximum Gasteiger partial charge on any atom is 0.333 e. The second-order valence-corrected chi connectivity index (χ2v) is 15.7. The number of hydrogen-bond donors (Lipinski definition) is 0. The zero-order chi connectivity index (χ0) is 29.4. The standard InChI is InChI=1S/C35H50O4Si/c1-29(34(36)38-7)21-19-20-24-31(37-6)23-14-10-8-9-13-22-30(2)39-40(35(3,4)5,32-25-15-11-16-26-32)33-27-17-12-18-28-33/h8,10-12,15-21,25-28,30-31H,9,13-14,22-24H2,1-7H3/b10-8+,20-19+,29-21+/t30-,31-/m0/s1. The van der Waals surface area contributed by atoms with Crippen LogP contribution in [0.15, 0.2) is 96.6 Å². The Morgan fingerprint density at radius 2 is 1.45 bits per heavy atom. The topological polar surface area (TPSA) is 44.8 Å². The van der Waals surface area contributed by atoms with Crippen LogP contribution in [0.1, 0.15) is 73.1 Å². The number of benzene rings is 2. The number of rotatable bonds is 16. The lowest BCUT2D eigenvalue weighted by atomic mass is 10.1. The molecule has 0 aliphatic heterocycles. The number of ether oxygens (including phenoxy) is 2. The fraction of sp³-hybridized carbons (Fsp3) is 0.457. The molecule has 0 saturated heterocycles. The molecule has 0 N–H and O–H groups in total. The quantitative estimate of drug-likeness (QED) is 0.0529. The molecule has 2 rings (SSSR count). The minimum absolute atomic E-state index is 0.00654. The van der Waals surface area contributed by atoms with Gasteiger partial charge < -0.3 is 13.9 Å². The van der Waals surface area contributed by atoms with Crippen molar-refractivity contribution in [3.05, 3.63) is 96.6 Å². The fourth-order valence-corrected chi connectivity index (χ4v) is 9.83. The molecule has 0 aliphatic rings. The second kappa shape index (κ2) is 17.2. The lowest BCUT2D eigenvalue weighted by Gasteiger charge is -2.44. The van der Waals surface area contributed by atoms with Crippen molar-refractivity contribution in [3.8, 4) is 0 Å². The van der Waals surface area contributed by atoms with Crippen molar-refractivity contribution in [2.75, 3.05) is 14.2 Å². The molecule has 2 aromatic carbocycles. The van der Waals surface area contributed by atoms with Crippen LogP contribution in [-0.4, -0.2) is 40.7 Å². The van der Waals surface area contributed by atoms with Crippen LogP contribution in [0.4, 0.5) is 0 Å². The van der Waals surface area contributed by atoms with Gasteiger partial charge in [-0.15, -0.1) is 0 Å². The number of hydrogen-bond acceptors (Lipinski definition) is 4. The van der Waals surface area contributed by atoms with Gasteiger partial charge in [-0.05, 0) is 67.8 Å². The van der Waals surface area contributed by atoms with Crippen LogP contribution < -0.4 is 10.4 Å². The Labute approximate surface area is 244 Å². The molecule has 0 saturated carbocycles. The number of esters is 1. The van der Waals surface area contributed by atoms with Gasteiger partial charge in [-0.2, -0.15) is 0 Å². The van der Waals surface area contributed by atoms with Crippen LogP contribution in [0.25, 0.3) is 0 Å². The molecule has 2 aromatic rings. The summed E-state index contributed by atoms with van der Waals surface area (Å²) < 4.78 is 17.5. The van der Waals surface area contributed by atoms with E-state index in [1.165, 1.54) is 17.5 Å². The Kier molecular flexibility index (Phi) is 14.4. The minimum atomic E-state index is -2.50. The summed E-state index contributed by atoms with van der Waals surface area (Å²) in [6.45, 7) is 11.0. The van der Waals surface area contributed by atoms with Crippen molar-refractivity contribution >= 4 is 24.7 Å². The molecular formula is C35H50O4Si. The van der Waals surface area contributed by atoms with Crippen LogP contribution in [0.3, 0.4) is 0 Å². The predicted octanol–water partition coefficient (Wildman–Crippen LogP) is 7.54. The third kappa shape index (κ3) is 10.0. The van der Waals surface area contributed by atoms with E-state index in [2.05, 4.69) is 101 Å². The fourth-order valence-electron chi connectivity index (χ4n) is 5.10. The maximum absolute atomic E-state index is 11.4. The first kappa shape index (κ1) is 33.5. The van der Waals surface area contributed by atoms with Gasteiger partial charge in [0.25, 0.3) is 8.32 Å². The number of unbranched alkanes of at least 4 members (excludes halogenated alkanes) is 1. The lowest BCUT2D eigenvalue weighted by Crippen LogP contribution is -2.67. The molecule has 0 spiro atoms. The molecule has 4 nitrogen and oxygen atoms in total. The van der Waals surface area contributed by atoms with Gasteiger partial charge in [0, 0.05) is 18.8 Å². The molecule has 0 aliphatic carbocycles. The Morgan fingerprint density at radius 3 is 1.98 bits per heavy atom. The molecular weight excluding hydrogens is 512 g/mol. The van der Waals surface area contributed by atoms with E-state index in [-0.39, 0.29) is 23.2 Å². The number of carbonyl (C=O) groups excluding carboxylic acids is 1. The SMILES string of the molecule is COC(=O)/C(C)=C/C=C/C[C@H](CC/C=C/CCC[C@H](C)O[Si](c1ccccc1)(c1ccccc1)C(C)(C)C)OC. The first-order chi connectivity index (χ1) is 19.2. The molecule has 5 heteroatoms. The highest BCUT2D eigenvalue weighted by Crippen LogP contribution is 2.37. The second-order valence-electron chi connectivity index (χ2n) is 11.4. The molecule has 0 heterocycles. The summed E-state index contributed by atoms with van der Waals surface area (Å²) in [6.07, 6.45) is 16.5. The number of allylic oxidation sites excluding steroid dienone is 4. The molecule has 2 atom stereocenters. The maximum atomic E-state index is 11.4. The van der Waals surface area contributed by atoms with Crippen LogP contribution in [0.2, 0.25) is 5.04 Å². The lowest BCUT2D eigenvalue weighted by molar-refractivity contribution is -0.136. The number of methoxy groups -OCH3 is 2. The third-order valence-corrected chi connectivity index (χ3v) is 12.5. The van der Waals surface area contributed by atoms with Crippen LogP contribution >= 0.6 is 0 Å². The molecule has 0 radical (unpaired) electrons. The first-order valence-electron chi connectivity index (χ1n) is 14.5. The molecule has 0 aromatic heterocycles. The van der Waals surface area contributed by atoms with E-state index in [1.807, 2.05) is 12.2 Å². The molecule has 0 amide bonds. The zero-order valence-electron chi connectivity index (χ0n) is 25.7. The minimum Gasteiger partial charge on any atom is -0.466 e. The van der Waals surface area contributed by atoms with Crippen LogP contribution in [-0.2, 0) is 18.7 Å². The van der Waals surface area contributed by atoms with Gasteiger partial charge in [0.1, 0.15) is 0 Å². The van der Waals surface area contributed by atoms with Gasteiger partial charge in [0.05, 0.1) is 13.2 Å². The van der Waals surface area contributed by atoms with Gasteiger partial charge in [-0.25, -0.2) is 4.79 Å². The van der Waals surface area contributed by atoms with E-state index in [0.29, 0.717) is 5.57 Å².